The van der Waals surface area contributed by atoms with Crippen molar-refractivity contribution < 1.29 is 9.47 Å². The number of aryl methyl sites for hydroxylation is 1. The molecule has 8 heteroatoms. The number of nitrogens with zero attached hydrogens (tertiary/aromatic N) is 5. The van der Waals surface area contributed by atoms with Crippen molar-refractivity contribution in [1.29, 1.82) is 0 Å². The number of hydrogen-bond acceptors (Lipinski definition) is 7. The van der Waals surface area contributed by atoms with Gasteiger partial charge in [0.2, 0.25) is 0 Å². The van der Waals surface area contributed by atoms with Gasteiger partial charge >= 0.3 is 6.01 Å². The first-order chi connectivity index (χ1) is 14.1. The molecule has 0 saturated carbocycles. The number of fused-ring (bicyclic) bond motifs is 1. The minimum absolute atomic E-state index is 0.0451. The summed E-state index contributed by atoms with van der Waals surface area (Å²) < 4.78 is 13.3. The largest absolute Gasteiger partial charge is 0.468 e. The maximum atomic E-state index is 6.14. The highest BCUT2D eigenvalue weighted by atomic mass is 16.5. The zero-order valence-electron chi connectivity index (χ0n) is 18.2. The van der Waals surface area contributed by atoms with E-state index in [0.717, 1.165) is 38.8 Å². The maximum Gasteiger partial charge on any atom is 0.320 e. The molecular formula is C21H36N6O2. The Morgan fingerprint density at radius 1 is 1.03 bits per heavy atom. The molecule has 3 heterocycles. The SMILES string of the molecule is CCC[C@H](C)Oc1nc(N)c2nc(OC)n(CCCCN3CCCCCC3)c2n1. The van der Waals surface area contributed by atoms with Crippen LogP contribution < -0.4 is 15.2 Å². The predicted octanol–water partition coefficient (Wildman–Crippen LogP) is 3.64. The molecule has 8 nitrogen and oxygen atoms in total. The first-order valence-corrected chi connectivity index (χ1v) is 11.1. The van der Waals surface area contributed by atoms with Crippen molar-refractivity contribution in [2.75, 3.05) is 32.5 Å². The zero-order valence-corrected chi connectivity index (χ0v) is 18.2. The molecule has 162 valence electrons. The van der Waals surface area contributed by atoms with Gasteiger partial charge in [0, 0.05) is 6.54 Å². The van der Waals surface area contributed by atoms with Gasteiger partial charge in [0.15, 0.2) is 17.0 Å². The average molecular weight is 405 g/mol. The normalized spacial score (nSPS) is 16.7. The standard InChI is InChI=1S/C21H36N6O2/c1-4-11-16(2)29-20-24-18(22)17-19(25-20)27(21(23-17)28-3)15-10-9-14-26-12-7-5-6-8-13-26/h16H,4-15H2,1-3H3,(H2,22,24,25)/t16-/m0/s1. The van der Waals surface area contributed by atoms with Crippen LogP contribution in [-0.2, 0) is 6.54 Å². The summed E-state index contributed by atoms with van der Waals surface area (Å²) in [6.45, 7) is 8.55. The van der Waals surface area contributed by atoms with Crippen LogP contribution in [0.15, 0.2) is 0 Å². The van der Waals surface area contributed by atoms with Gasteiger partial charge in [0.05, 0.1) is 13.2 Å². The van der Waals surface area contributed by atoms with Gasteiger partial charge in [0.25, 0.3) is 6.01 Å². The number of methoxy groups -OCH3 is 1. The van der Waals surface area contributed by atoms with Crippen LogP contribution in [0.4, 0.5) is 5.82 Å². The van der Waals surface area contributed by atoms with Crippen LogP contribution in [0.2, 0.25) is 0 Å². The van der Waals surface area contributed by atoms with Crippen molar-refractivity contribution >= 4 is 17.0 Å². The molecule has 0 bridgehead atoms. The molecule has 0 amide bonds. The summed E-state index contributed by atoms with van der Waals surface area (Å²) in [5.74, 6) is 0.329. The fraction of sp³-hybridized carbons (Fsp3) is 0.762. The molecule has 1 fully saturated rings. The second-order valence-electron chi connectivity index (χ2n) is 7.99. The highest BCUT2D eigenvalue weighted by Gasteiger charge is 2.19. The molecule has 1 atom stereocenters. The Balaban J connectivity index is 1.68. The van der Waals surface area contributed by atoms with Crippen molar-refractivity contribution in [2.24, 2.45) is 0 Å². The lowest BCUT2D eigenvalue weighted by Crippen LogP contribution is -2.25. The summed E-state index contributed by atoms with van der Waals surface area (Å²) in [7, 11) is 1.62. The van der Waals surface area contributed by atoms with E-state index in [1.54, 1.807) is 7.11 Å². The van der Waals surface area contributed by atoms with Crippen molar-refractivity contribution in [1.82, 2.24) is 24.4 Å². The monoisotopic (exact) mass is 404 g/mol. The minimum Gasteiger partial charge on any atom is -0.468 e. The molecule has 2 aromatic heterocycles. The number of nitrogens with two attached hydrogens (primary N) is 1. The van der Waals surface area contributed by atoms with Gasteiger partial charge in [0.1, 0.15) is 0 Å². The number of rotatable bonds is 10. The molecular weight excluding hydrogens is 368 g/mol. The number of anilines is 1. The average Bonchev–Trinajstić information content (AvgIpc) is 2.86. The van der Waals surface area contributed by atoms with E-state index in [1.165, 1.54) is 38.8 Å². The highest BCUT2D eigenvalue weighted by molar-refractivity contribution is 5.83. The molecule has 1 aliphatic rings. The van der Waals surface area contributed by atoms with Crippen molar-refractivity contribution in [3.63, 3.8) is 0 Å². The van der Waals surface area contributed by atoms with Crippen LogP contribution in [0.25, 0.3) is 11.2 Å². The Hall–Kier alpha value is -2.09. The number of imidazole rings is 1. The lowest BCUT2D eigenvalue weighted by atomic mass is 10.2. The van der Waals surface area contributed by atoms with Crippen molar-refractivity contribution in [3.05, 3.63) is 0 Å². The molecule has 0 aromatic carbocycles. The fourth-order valence-corrected chi connectivity index (χ4v) is 4.00. The smallest absolute Gasteiger partial charge is 0.320 e. The summed E-state index contributed by atoms with van der Waals surface area (Å²) in [6.07, 6.45) is 9.61. The molecule has 0 spiro atoms. The molecule has 1 aliphatic heterocycles. The first-order valence-electron chi connectivity index (χ1n) is 11.1. The fourth-order valence-electron chi connectivity index (χ4n) is 4.00. The molecule has 29 heavy (non-hydrogen) atoms. The molecule has 1 saturated heterocycles. The molecule has 2 N–H and O–H groups in total. The van der Waals surface area contributed by atoms with E-state index in [0.29, 0.717) is 29.0 Å². The van der Waals surface area contributed by atoms with E-state index in [4.69, 9.17) is 15.2 Å². The first kappa shape index (κ1) is 21.6. The van der Waals surface area contributed by atoms with Gasteiger partial charge in [-0.1, -0.05) is 26.2 Å². The van der Waals surface area contributed by atoms with Crippen LogP contribution >= 0.6 is 0 Å². The molecule has 0 unspecified atom stereocenters. The van der Waals surface area contributed by atoms with Crippen LogP contribution in [0.1, 0.15) is 65.2 Å². The summed E-state index contributed by atoms with van der Waals surface area (Å²) in [4.78, 5) is 16.0. The van der Waals surface area contributed by atoms with E-state index >= 15 is 0 Å². The Labute approximate surface area is 173 Å². The van der Waals surface area contributed by atoms with E-state index in [-0.39, 0.29) is 6.10 Å². The number of hydrogen-bond donors (Lipinski definition) is 1. The molecule has 2 aromatic rings. The third-order valence-corrected chi connectivity index (χ3v) is 5.56. The summed E-state index contributed by atoms with van der Waals surface area (Å²) in [5, 5.41) is 0. The van der Waals surface area contributed by atoms with E-state index in [9.17, 15) is 0 Å². The number of unbranched alkanes of at least 4 members (excludes halogenated alkanes) is 1. The van der Waals surface area contributed by atoms with Crippen LogP contribution in [0.3, 0.4) is 0 Å². The number of nitrogen functional groups attached to an aromatic ring is 1. The molecule has 0 aliphatic carbocycles. The van der Waals surface area contributed by atoms with Gasteiger partial charge in [-0.25, -0.2) is 0 Å². The third kappa shape index (κ3) is 5.72. The van der Waals surface area contributed by atoms with Gasteiger partial charge < -0.3 is 20.1 Å². The second kappa shape index (κ2) is 10.6. The van der Waals surface area contributed by atoms with Crippen LogP contribution in [0, 0.1) is 0 Å². The van der Waals surface area contributed by atoms with E-state index in [1.807, 2.05) is 11.5 Å². The van der Waals surface area contributed by atoms with Crippen molar-refractivity contribution in [2.45, 2.75) is 77.9 Å². The Morgan fingerprint density at radius 2 is 1.76 bits per heavy atom. The number of aromatic nitrogens is 4. The quantitative estimate of drug-likeness (QED) is 0.604. The van der Waals surface area contributed by atoms with E-state index < -0.39 is 0 Å². The van der Waals surface area contributed by atoms with Crippen molar-refractivity contribution in [3.8, 4) is 12.0 Å². The summed E-state index contributed by atoms with van der Waals surface area (Å²) >= 11 is 0. The molecule has 0 radical (unpaired) electrons. The van der Waals surface area contributed by atoms with Gasteiger partial charge in [-0.3, -0.25) is 4.57 Å². The third-order valence-electron chi connectivity index (χ3n) is 5.56. The Kier molecular flexibility index (Phi) is 7.91. The van der Waals surface area contributed by atoms with Crippen LogP contribution in [-0.4, -0.2) is 57.3 Å². The van der Waals surface area contributed by atoms with Crippen LogP contribution in [0.5, 0.6) is 12.0 Å². The Morgan fingerprint density at radius 3 is 2.45 bits per heavy atom. The predicted molar refractivity (Wildman–Crippen MR) is 115 cm³/mol. The highest BCUT2D eigenvalue weighted by Crippen LogP contribution is 2.26. The lowest BCUT2D eigenvalue weighted by molar-refractivity contribution is 0.193. The van der Waals surface area contributed by atoms with Gasteiger partial charge in [-0.05, 0) is 58.7 Å². The molecule has 3 rings (SSSR count). The van der Waals surface area contributed by atoms with Gasteiger partial charge in [-0.2, -0.15) is 15.0 Å². The summed E-state index contributed by atoms with van der Waals surface area (Å²) in [5.41, 5.74) is 7.40. The second-order valence-corrected chi connectivity index (χ2v) is 7.99. The minimum atomic E-state index is 0.0451. The number of ether oxygens (including phenoxy) is 2. The Bertz CT molecular complexity index is 770. The summed E-state index contributed by atoms with van der Waals surface area (Å²) in [6, 6.07) is 0.832. The lowest BCUT2D eigenvalue weighted by Gasteiger charge is -2.19. The number of likely N-dealkylation sites (tertiary alicyclic amines) is 1. The maximum absolute atomic E-state index is 6.14. The zero-order chi connectivity index (χ0) is 20.6. The topological polar surface area (TPSA) is 91.3 Å². The van der Waals surface area contributed by atoms with E-state index in [2.05, 4.69) is 26.8 Å². The van der Waals surface area contributed by atoms with Gasteiger partial charge in [-0.15, -0.1) is 0 Å².